The lowest BCUT2D eigenvalue weighted by atomic mass is 10.1. The Kier molecular flexibility index (Phi) is 9.76. The second kappa shape index (κ2) is 12.5. The van der Waals surface area contributed by atoms with E-state index in [1.807, 2.05) is 25.1 Å². The molecule has 0 aliphatic heterocycles. The first-order chi connectivity index (χ1) is 16.5. The van der Waals surface area contributed by atoms with Crippen molar-refractivity contribution in [1.29, 1.82) is 0 Å². The van der Waals surface area contributed by atoms with E-state index in [-0.39, 0.29) is 25.3 Å². The third kappa shape index (κ3) is 8.41. The lowest BCUT2D eigenvalue weighted by molar-refractivity contribution is -0.149. The zero-order valence-electron chi connectivity index (χ0n) is 19.5. The number of carbonyl (C=O) groups excluding carboxylic acids is 1. The third-order valence-corrected chi connectivity index (χ3v) is 5.31. The molecule has 2 rings (SSSR count). The van der Waals surface area contributed by atoms with Crippen molar-refractivity contribution in [3.05, 3.63) is 40.2 Å². The van der Waals surface area contributed by atoms with Gasteiger partial charge in [0, 0.05) is 43.8 Å². The highest BCUT2D eigenvalue weighted by molar-refractivity contribution is 5.88. The van der Waals surface area contributed by atoms with E-state index < -0.39 is 42.7 Å². The SMILES string of the molecule is CN(C)c1ccc2c(CC(=O)NCCCCC(C(=O)O)N(CC(=O)O)CC(=O)O)cc(=O)oc2c1. The predicted molar refractivity (Wildman–Crippen MR) is 126 cm³/mol. The number of hydrogen-bond acceptors (Lipinski definition) is 8. The maximum absolute atomic E-state index is 12.4. The van der Waals surface area contributed by atoms with E-state index in [1.54, 1.807) is 12.1 Å². The van der Waals surface area contributed by atoms with Crippen LogP contribution in [0, 0.1) is 0 Å². The van der Waals surface area contributed by atoms with E-state index in [2.05, 4.69) is 5.32 Å². The quantitative estimate of drug-likeness (QED) is 0.215. The van der Waals surface area contributed by atoms with Gasteiger partial charge in [0.2, 0.25) is 5.91 Å². The fraction of sp³-hybridized carbons (Fsp3) is 0.435. The van der Waals surface area contributed by atoms with Crippen LogP contribution in [0.4, 0.5) is 5.69 Å². The number of aliphatic carboxylic acids is 3. The first-order valence-electron chi connectivity index (χ1n) is 10.9. The Morgan fingerprint density at radius 3 is 2.23 bits per heavy atom. The molecule has 0 bridgehead atoms. The number of benzene rings is 1. The molecule has 1 heterocycles. The zero-order valence-corrected chi connectivity index (χ0v) is 19.5. The molecule has 4 N–H and O–H groups in total. The summed E-state index contributed by atoms with van der Waals surface area (Å²) in [5, 5.41) is 30.6. The van der Waals surface area contributed by atoms with Crippen LogP contribution in [0.15, 0.2) is 33.5 Å². The lowest BCUT2D eigenvalue weighted by Gasteiger charge is -2.25. The molecule has 1 amide bonds. The highest BCUT2D eigenvalue weighted by Crippen LogP contribution is 2.23. The largest absolute Gasteiger partial charge is 0.480 e. The van der Waals surface area contributed by atoms with E-state index >= 15 is 0 Å². The van der Waals surface area contributed by atoms with Gasteiger partial charge in [0.1, 0.15) is 11.6 Å². The Bertz CT molecular complexity index is 1130. The van der Waals surface area contributed by atoms with E-state index in [4.69, 9.17) is 14.6 Å². The van der Waals surface area contributed by atoms with Gasteiger partial charge in [0.05, 0.1) is 19.5 Å². The van der Waals surface area contributed by atoms with E-state index in [0.717, 1.165) is 10.6 Å². The second-order valence-corrected chi connectivity index (χ2v) is 8.23. The van der Waals surface area contributed by atoms with Gasteiger partial charge >= 0.3 is 23.5 Å². The van der Waals surface area contributed by atoms with Crippen LogP contribution in [0.1, 0.15) is 24.8 Å². The number of amides is 1. The van der Waals surface area contributed by atoms with Crippen molar-refractivity contribution in [2.45, 2.75) is 31.7 Å². The average Bonchev–Trinajstić information content (AvgIpc) is 2.74. The summed E-state index contributed by atoms with van der Waals surface area (Å²) in [6.07, 6.45) is 0.683. The summed E-state index contributed by atoms with van der Waals surface area (Å²) in [7, 11) is 3.70. The van der Waals surface area contributed by atoms with Crippen molar-refractivity contribution in [2.75, 3.05) is 38.6 Å². The molecule has 190 valence electrons. The summed E-state index contributed by atoms with van der Waals surface area (Å²) < 4.78 is 5.26. The maximum Gasteiger partial charge on any atom is 0.336 e. The van der Waals surface area contributed by atoms with Crippen LogP contribution in [-0.4, -0.2) is 83.8 Å². The van der Waals surface area contributed by atoms with Gasteiger partial charge in [0.25, 0.3) is 0 Å². The number of carboxylic acid groups (broad SMARTS) is 3. The standard InChI is InChI=1S/C23H29N3O9/c1-25(2)15-6-7-16-14(10-22(32)35-18(16)11-15)9-19(27)24-8-4-3-5-17(23(33)34)26(12-20(28)29)13-21(30)31/h6-7,10-11,17H,3-5,8-9,12-13H2,1-2H3,(H,24,27)(H,28,29)(H,30,31)(H,33,34). The number of hydrogen-bond donors (Lipinski definition) is 4. The number of carboxylic acids is 3. The molecular formula is C23H29N3O9. The average molecular weight is 491 g/mol. The number of fused-ring (bicyclic) bond motifs is 1. The molecule has 35 heavy (non-hydrogen) atoms. The third-order valence-electron chi connectivity index (χ3n) is 5.31. The molecule has 0 aliphatic rings. The summed E-state index contributed by atoms with van der Waals surface area (Å²) >= 11 is 0. The highest BCUT2D eigenvalue weighted by atomic mass is 16.4. The fourth-order valence-electron chi connectivity index (χ4n) is 3.65. The van der Waals surface area contributed by atoms with Gasteiger partial charge in [0.15, 0.2) is 0 Å². The van der Waals surface area contributed by atoms with Gasteiger partial charge in [-0.2, -0.15) is 0 Å². The smallest absolute Gasteiger partial charge is 0.336 e. The molecule has 0 saturated heterocycles. The fourth-order valence-corrected chi connectivity index (χ4v) is 3.65. The summed E-state index contributed by atoms with van der Waals surface area (Å²) in [5.41, 5.74) is 1.16. The van der Waals surface area contributed by atoms with Crippen LogP contribution in [0.2, 0.25) is 0 Å². The minimum absolute atomic E-state index is 0.0182. The van der Waals surface area contributed by atoms with Gasteiger partial charge in [-0.3, -0.25) is 24.1 Å². The van der Waals surface area contributed by atoms with Crippen molar-refractivity contribution in [3.63, 3.8) is 0 Å². The minimum Gasteiger partial charge on any atom is -0.480 e. The molecule has 0 saturated carbocycles. The van der Waals surface area contributed by atoms with Gasteiger partial charge in [-0.05, 0) is 37.0 Å². The van der Waals surface area contributed by atoms with Crippen molar-refractivity contribution in [2.24, 2.45) is 0 Å². The van der Waals surface area contributed by atoms with Crippen LogP contribution in [0.25, 0.3) is 11.0 Å². The molecule has 12 heteroatoms. The van der Waals surface area contributed by atoms with Gasteiger partial charge in [-0.25, -0.2) is 4.79 Å². The first kappa shape index (κ1) is 27.3. The highest BCUT2D eigenvalue weighted by Gasteiger charge is 2.28. The molecule has 2 aromatic rings. The molecule has 1 unspecified atom stereocenters. The number of rotatable bonds is 14. The molecule has 0 fully saturated rings. The predicted octanol–water partition coefficient (Wildman–Crippen LogP) is 0.612. The number of unbranched alkanes of at least 4 members (excludes halogenated alkanes) is 1. The molecule has 0 aliphatic carbocycles. The van der Waals surface area contributed by atoms with Crippen LogP contribution in [0.3, 0.4) is 0 Å². The van der Waals surface area contributed by atoms with Gasteiger partial charge in [-0.1, -0.05) is 0 Å². The van der Waals surface area contributed by atoms with Crippen molar-refractivity contribution in [1.82, 2.24) is 10.2 Å². The Morgan fingerprint density at radius 2 is 1.66 bits per heavy atom. The zero-order chi connectivity index (χ0) is 26.1. The Labute approximate surface area is 200 Å². The molecule has 0 radical (unpaired) electrons. The topological polar surface area (TPSA) is 178 Å². The number of anilines is 1. The van der Waals surface area contributed by atoms with E-state index in [9.17, 15) is 29.1 Å². The van der Waals surface area contributed by atoms with Crippen LogP contribution in [0.5, 0.6) is 0 Å². The van der Waals surface area contributed by atoms with Crippen LogP contribution in [-0.2, 0) is 25.6 Å². The summed E-state index contributed by atoms with van der Waals surface area (Å²) in [6.45, 7) is -1.20. The van der Waals surface area contributed by atoms with Gasteiger partial charge < -0.3 is 30.0 Å². The minimum atomic E-state index is -1.33. The summed E-state index contributed by atoms with van der Waals surface area (Å²) in [4.78, 5) is 60.6. The molecule has 1 aromatic carbocycles. The van der Waals surface area contributed by atoms with Crippen molar-refractivity contribution < 1.29 is 38.9 Å². The Hall–Kier alpha value is -3.93. The number of nitrogens with zero attached hydrogens (tertiary/aromatic N) is 2. The normalized spacial score (nSPS) is 11.9. The van der Waals surface area contributed by atoms with Crippen LogP contribution >= 0.6 is 0 Å². The summed E-state index contributed by atoms with van der Waals surface area (Å²) in [5.74, 6) is -4.30. The molecule has 0 spiro atoms. The Balaban J connectivity index is 1.92. The first-order valence-corrected chi connectivity index (χ1v) is 10.9. The second-order valence-electron chi connectivity index (χ2n) is 8.23. The van der Waals surface area contributed by atoms with E-state index in [0.29, 0.717) is 29.4 Å². The molecular weight excluding hydrogens is 462 g/mol. The molecule has 12 nitrogen and oxygen atoms in total. The van der Waals surface area contributed by atoms with Crippen LogP contribution < -0.4 is 15.8 Å². The molecule has 1 aromatic heterocycles. The maximum atomic E-state index is 12.4. The molecule has 1 atom stereocenters. The number of carbonyl (C=O) groups is 4. The Morgan fingerprint density at radius 1 is 1.00 bits per heavy atom. The van der Waals surface area contributed by atoms with E-state index in [1.165, 1.54) is 6.07 Å². The monoisotopic (exact) mass is 491 g/mol. The lowest BCUT2D eigenvalue weighted by Crippen LogP contribution is -2.46. The van der Waals surface area contributed by atoms with Crippen molar-refractivity contribution >= 4 is 40.5 Å². The van der Waals surface area contributed by atoms with Gasteiger partial charge in [-0.15, -0.1) is 0 Å². The number of nitrogens with one attached hydrogen (secondary N) is 1. The summed E-state index contributed by atoms with van der Waals surface area (Å²) in [6, 6.07) is 5.34. The van der Waals surface area contributed by atoms with Crippen molar-refractivity contribution in [3.8, 4) is 0 Å².